The van der Waals surface area contributed by atoms with Crippen LogP contribution in [-0.4, -0.2) is 43.0 Å². The normalized spacial score (nSPS) is 10.8. The molecule has 0 unspecified atom stereocenters. The average Bonchev–Trinajstić information content (AvgIpc) is 2.71. The molecule has 0 N–H and O–H groups in total. The number of rotatable bonds is 4. The van der Waals surface area contributed by atoms with Crippen LogP contribution in [0.4, 0.5) is 5.13 Å². The molecule has 0 aliphatic rings. The van der Waals surface area contributed by atoms with Crippen LogP contribution in [0.2, 0.25) is 0 Å². The molecule has 0 aliphatic heterocycles. The molecule has 0 saturated carbocycles. The molecule has 0 aliphatic carbocycles. The van der Waals surface area contributed by atoms with E-state index >= 15 is 0 Å². The van der Waals surface area contributed by atoms with Gasteiger partial charge in [-0.1, -0.05) is 11.3 Å². The molecule has 0 bridgehead atoms. The largest absolute Gasteiger partial charge is 0.308 e. The van der Waals surface area contributed by atoms with E-state index in [2.05, 4.69) is 35.9 Å². The number of amides is 1. The van der Waals surface area contributed by atoms with Gasteiger partial charge in [0.05, 0.1) is 10.2 Å². The Morgan fingerprint density at radius 1 is 1.19 bits per heavy atom. The predicted molar refractivity (Wildman–Crippen MR) is 92.9 cm³/mol. The molecular weight excluding hydrogens is 306 g/mol. The van der Waals surface area contributed by atoms with Gasteiger partial charge in [0.15, 0.2) is 5.13 Å². The van der Waals surface area contributed by atoms with Gasteiger partial charge in [-0.2, -0.15) is 0 Å². The maximum absolute atomic E-state index is 11.8. The number of hydrogen-bond donors (Lipinski definition) is 0. The second-order valence-electron chi connectivity index (χ2n) is 5.37. The molecule has 1 aromatic carbocycles. The topological polar surface area (TPSA) is 36.4 Å². The number of likely N-dealkylation sites (N-methyl/N-ethyl adjacent to an activating group) is 1. The van der Waals surface area contributed by atoms with Crippen LogP contribution in [0.3, 0.4) is 0 Å². The Morgan fingerprint density at radius 2 is 1.81 bits per heavy atom. The minimum Gasteiger partial charge on any atom is -0.308 e. The summed E-state index contributed by atoms with van der Waals surface area (Å²) in [5.74, 6) is 0.0411. The van der Waals surface area contributed by atoms with Gasteiger partial charge in [-0.05, 0) is 51.2 Å². The highest BCUT2D eigenvalue weighted by molar-refractivity contribution is 7.22. The van der Waals surface area contributed by atoms with E-state index in [0.29, 0.717) is 6.54 Å². The van der Waals surface area contributed by atoms with Gasteiger partial charge in [0.2, 0.25) is 5.91 Å². The molecule has 0 radical (unpaired) electrons. The van der Waals surface area contributed by atoms with Gasteiger partial charge in [0, 0.05) is 20.0 Å². The third-order valence-corrected chi connectivity index (χ3v) is 4.42. The molecule has 0 atom stereocenters. The molecule has 0 fully saturated rings. The summed E-state index contributed by atoms with van der Waals surface area (Å²) in [6, 6.07) is 4.24. The summed E-state index contributed by atoms with van der Waals surface area (Å²) in [6.45, 7) is 7.28. The number of aryl methyl sites for hydroxylation is 2. The molecular formula is C15H22ClN3OS. The first-order valence-electron chi connectivity index (χ1n) is 6.69. The summed E-state index contributed by atoms with van der Waals surface area (Å²) >= 11 is 1.58. The zero-order valence-corrected chi connectivity index (χ0v) is 14.8. The van der Waals surface area contributed by atoms with E-state index in [1.54, 1.807) is 23.2 Å². The molecule has 1 aromatic heterocycles. The van der Waals surface area contributed by atoms with Crippen LogP contribution in [0.1, 0.15) is 18.1 Å². The number of halogens is 1. The number of nitrogens with zero attached hydrogens (tertiary/aromatic N) is 3. The first kappa shape index (κ1) is 17.9. The first-order valence-corrected chi connectivity index (χ1v) is 7.50. The quantitative estimate of drug-likeness (QED) is 0.865. The van der Waals surface area contributed by atoms with Crippen LogP contribution in [0.5, 0.6) is 0 Å². The van der Waals surface area contributed by atoms with Crippen molar-refractivity contribution in [2.24, 2.45) is 0 Å². The summed E-state index contributed by atoms with van der Waals surface area (Å²) in [5, 5.41) is 0.791. The molecule has 21 heavy (non-hydrogen) atoms. The summed E-state index contributed by atoms with van der Waals surface area (Å²) in [4.78, 5) is 20.3. The fraction of sp³-hybridized carbons (Fsp3) is 0.467. The van der Waals surface area contributed by atoms with E-state index in [9.17, 15) is 4.79 Å². The lowest BCUT2D eigenvalue weighted by molar-refractivity contribution is -0.116. The molecule has 0 spiro atoms. The second kappa shape index (κ2) is 7.20. The minimum atomic E-state index is 0. The first-order chi connectivity index (χ1) is 9.38. The molecule has 1 amide bonds. The third-order valence-electron chi connectivity index (χ3n) is 3.37. The van der Waals surface area contributed by atoms with Gasteiger partial charge in [-0.15, -0.1) is 12.4 Å². The number of carbonyl (C=O) groups is 1. The number of benzene rings is 1. The van der Waals surface area contributed by atoms with Crippen LogP contribution in [-0.2, 0) is 4.79 Å². The van der Waals surface area contributed by atoms with Crippen molar-refractivity contribution in [3.05, 3.63) is 23.3 Å². The number of fused-ring (bicyclic) bond motifs is 1. The van der Waals surface area contributed by atoms with Crippen LogP contribution >= 0.6 is 23.7 Å². The van der Waals surface area contributed by atoms with Crippen molar-refractivity contribution in [3.8, 4) is 0 Å². The third kappa shape index (κ3) is 4.15. The lowest BCUT2D eigenvalue weighted by atomic mass is 10.1. The second-order valence-corrected chi connectivity index (χ2v) is 6.38. The van der Waals surface area contributed by atoms with Crippen molar-refractivity contribution in [1.29, 1.82) is 0 Å². The zero-order valence-electron chi connectivity index (χ0n) is 13.1. The summed E-state index contributed by atoms with van der Waals surface area (Å²) < 4.78 is 1.14. The maximum atomic E-state index is 11.8. The van der Waals surface area contributed by atoms with Crippen molar-refractivity contribution in [1.82, 2.24) is 9.88 Å². The highest BCUT2D eigenvalue weighted by Gasteiger charge is 2.16. The Labute approximate surface area is 136 Å². The van der Waals surface area contributed by atoms with Crippen LogP contribution < -0.4 is 4.90 Å². The fourth-order valence-electron chi connectivity index (χ4n) is 1.97. The molecule has 116 valence electrons. The summed E-state index contributed by atoms with van der Waals surface area (Å²) in [6.07, 6.45) is 0. The number of anilines is 1. The van der Waals surface area contributed by atoms with Crippen molar-refractivity contribution >= 4 is 45.0 Å². The lowest BCUT2D eigenvalue weighted by Gasteiger charge is -2.20. The summed E-state index contributed by atoms with van der Waals surface area (Å²) in [7, 11) is 4.01. The maximum Gasteiger partial charge on any atom is 0.225 e. The number of carbonyl (C=O) groups excluding carboxylic acids is 1. The number of hydrogen-bond acceptors (Lipinski definition) is 4. The van der Waals surface area contributed by atoms with Crippen molar-refractivity contribution < 1.29 is 4.79 Å². The molecule has 0 saturated heterocycles. The Hall–Kier alpha value is -1.17. The van der Waals surface area contributed by atoms with Crippen LogP contribution in [0, 0.1) is 13.8 Å². The van der Waals surface area contributed by atoms with Gasteiger partial charge < -0.3 is 4.90 Å². The highest BCUT2D eigenvalue weighted by atomic mass is 35.5. The Kier molecular flexibility index (Phi) is 6.13. The minimum absolute atomic E-state index is 0. The fourth-order valence-corrected chi connectivity index (χ4v) is 3.09. The van der Waals surface area contributed by atoms with E-state index in [-0.39, 0.29) is 18.3 Å². The van der Waals surface area contributed by atoms with Gasteiger partial charge in [-0.25, -0.2) is 4.98 Å². The van der Waals surface area contributed by atoms with Gasteiger partial charge in [0.25, 0.3) is 0 Å². The van der Waals surface area contributed by atoms with E-state index in [1.165, 1.54) is 11.1 Å². The van der Waals surface area contributed by atoms with Crippen molar-refractivity contribution in [2.45, 2.75) is 20.8 Å². The number of thiazole rings is 1. The van der Waals surface area contributed by atoms with E-state index < -0.39 is 0 Å². The van der Waals surface area contributed by atoms with Crippen LogP contribution in [0.15, 0.2) is 12.1 Å². The molecule has 4 nitrogen and oxygen atoms in total. The Morgan fingerprint density at radius 3 is 2.38 bits per heavy atom. The van der Waals surface area contributed by atoms with Crippen molar-refractivity contribution in [3.63, 3.8) is 0 Å². The van der Waals surface area contributed by atoms with E-state index in [1.807, 2.05) is 14.1 Å². The smallest absolute Gasteiger partial charge is 0.225 e. The molecule has 2 aromatic rings. The Bertz CT molecular complexity index is 600. The SMILES string of the molecule is CC(=O)N(CCN(C)C)c1nc2cc(C)c(C)cc2s1.Cl. The molecule has 1 heterocycles. The molecule has 6 heteroatoms. The lowest BCUT2D eigenvalue weighted by Crippen LogP contribution is -2.35. The van der Waals surface area contributed by atoms with Crippen molar-refractivity contribution in [2.75, 3.05) is 32.1 Å². The molecule has 2 rings (SSSR count). The van der Waals surface area contributed by atoms with E-state index in [4.69, 9.17) is 0 Å². The van der Waals surface area contributed by atoms with E-state index in [0.717, 1.165) is 21.9 Å². The Balaban J connectivity index is 0.00000220. The monoisotopic (exact) mass is 327 g/mol. The standard InChI is InChI=1S/C15H21N3OS.ClH/c1-10-8-13-14(9-11(10)2)20-15(16-13)18(12(3)19)7-6-17(4)5;/h8-9H,6-7H2,1-5H3;1H. The van der Waals surface area contributed by atoms with Gasteiger partial charge in [0.1, 0.15) is 0 Å². The van der Waals surface area contributed by atoms with Gasteiger partial charge >= 0.3 is 0 Å². The summed E-state index contributed by atoms with van der Waals surface area (Å²) in [5.41, 5.74) is 3.47. The zero-order chi connectivity index (χ0) is 14.9. The average molecular weight is 328 g/mol. The van der Waals surface area contributed by atoms with Gasteiger partial charge in [-0.3, -0.25) is 9.69 Å². The number of aromatic nitrogens is 1. The predicted octanol–water partition coefficient (Wildman–Crippen LogP) is 3.25. The highest BCUT2D eigenvalue weighted by Crippen LogP contribution is 2.30. The van der Waals surface area contributed by atoms with Crippen LogP contribution in [0.25, 0.3) is 10.2 Å².